The van der Waals surface area contributed by atoms with E-state index in [4.69, 9.17) is 11.6 Å². The van der Waals surface area contributed by atoms with Gasteiger partial charge in [-0.2, -0.15) is 0 Å². The van der Waals surface area contributed by atoms with E-state index in [-0.39, 0.29) is 5.41 Å². The molecule has 72 valence electrons. The van der Waals surface area contributed by atoms with E-state index in [1.807, 2.05) is 11.4 Å². The lowest BCUT2D eigenvalue weighted by molar-refractivity contribution is -0.153. The predicted octanol–water partition coefficient (Wildman–Crippen LogP) is 3.41. The molecular formula is C10H13ClOS. The van der Waals surface area contributed by atoms with Crippen LogP contribution < -0.4 is 0 Å². The van der Waals surface area contributed by atoms with Gasteiger partial charge in [-0.25, -0.2) is 0 Å². The molecule has 1 N–H and O–H groups in total. The second kappa shape index (κ2) is 2.72. The summed E-state index contributed by atoms with van der Waals surface area (Å²) in [6, 6.07) is 1.86. The first-order valence-electron chi connectivity index (χ1n) is 4.43. The van der Waals surface area contributed by atoms with E-state index >= 15 is 0 Å². The molecule has 1 aliphatic carbocycles. The van der Waals surface area contributed by atoms with Gasteiger partial charge in [0.2, 0.25) is 0 Å². The van der Waals surface area contributed by atoms with E-state index in [0.717, 1.165) is 17.7 Å². The molecule has 0 saturated heterocycles. The second-order valence-electron chi connectivity index (χ2n) is 4.34. The fraction of sp³-hybridized carbons (Fsp3) is 0.600. The Labute approximate surface area is 87.4 Å². The Balaban J connectivity index is 2.42. The molecular weight excluding hydrogens is 204 g/mol. The molecule has 1 aromatic rings. The maximum absolute atomic E-state index is 10.4. The van der Waals surface area contributed by atoms with Crippen LogP contribution in [0.15, 0.2) is 11.4 Å². The lowest BCUT2D eigenvalue weighted by Gasteiger charge is -2.52. The van der Waals surface area contributed by atoms with Gasteiger partial charge in [-0.3, -0.25) is 0 Å². The summed E-state index contributed by atoms with van der Waals surface area (Å²) in [5.41, 5.74) is -0.709. The van der Waals surface area contributed by atoms with E-state index in [1.54, 1.807) is 11.3 Å². The molecule has 0 bridgehead atoms. The molecule has 1 fully saturated rings. The van der Waals surface area contributed by atoms with Gasteiger partial charge in [-0.15, -0.1) is 11.3 Å². The number of halogens is 1. The van der Waals surface area contributed by atoms with Crippen LogP contribution in [0.4, 0.5) is 0 Å². The Hall–Kier alpha value is -0.0500. The molecule has 0 radical (unpaired) electrons. The van der Waals surface area contributed by atoms with Crippen LogP contribution in [0.5, 0.6) is 0 Å². The van der Waals surface area contributed by atoms with Crippen LogP contribution in [0.1, 0.15) is 31.6 Å². The zero-order chi connectivity index (χ0) is 9.69. The minimum atomic E-state index is -0.682. The Bertz CT molecular complexity index is 331. The van der Waals surface area contributed by atoms with Gasteiger partial charge in [0.05, 0.1) is 9.90 Å². The fourth-order valence-electron chi connectivity index (χ4n) is 1.87. The highest BCUT2D eigenvalue weighted by molar-refractivity contribution is 7.10. The molecule has 1 aromatic heterocycles. The van der Waals surface area contributed by atoms with Gasteiger partial charge in [-0.05, 0) is 29.7 Å². The minimum absolute atomic E-state index is 0.0263. The number of rotatable bonds is 1. The Kier molecular flexibility index (Phi) is 1.99. The first-order chi connectivity index (χ1) is 5.97. The summed E-state index contributed by atoms with van der Waals surface area (Å²) in [6.07, 6.45) is 1.90. The average molecular weight is 217 g/mol. The fourth-order valence-corrected chi connectivity index (χ4v) is 3.39. The van der Waals surface area contributed by atoms with Crippen LogP contribution in [0.3, 0.4) is 0 Å². The van der Waals surface area contributed by atoms with Crippen molar-refractivity contribution in [3.63, 3.8) is 0 Å². The molecule has 1 heterocycles. The molecule has 1 unspecified atom stereocenters. The van der Waals surface area contributed by atoms with Gasteiger partial charge >= 0.3 is 0 Å². The van der Waals surface area contributed by atoms with Crippen molar-refractivity contribution in [2.45, 2.75) is 32.3 Å². The normalized spacial score (nSPS) is 31.4. The largest absolute Gasteiger partial charge is 0.384 e. The van der Waals surface area contributed by atoms with E-state index in [2.05, 4.69) is 13.8 Å². The molecule has 1 atom stereocenters. The van der Waals surface area contributed by atoms with Crippen molar-refractivity contribution in [2.24, 2.45) is 5.41 Å². The molecule has 0 aliphatic heterocycles. The van der Waals surface area contributed by atoms with E-state index in [0.29, 0.717) is 5.02 Å². The van der Waals surface area contributed by atoms with Crippen molar-refractivity contribution < 1.29 is 5.11 Å². The van der Waals surface area contributed by atoms with Crippen LogP contribution in [0.25, 0.3) is 0 Å². The third-order valence-electron chi connectivity index (χ3n) is 3.22. The zero-order valence-electron chi connectivity index (χ0n) is 7.80. The number of thiophene rings is 1. The summed E-state index contributed by atoms with van der Waals surface area (Å²) >= 11 is 7.57. The Morgan fingerprint density at radius 1 is 1.46 bits per heavy atom. The smallest absolute Gasteiger partial charge is 0.105 e. The number of hydrogen-bond donors (Lipinski definition) is 1. The molecule has 1 nitrogen and oxygen atoms in total. The summed E-state index contributed by atoms with van der Waals surface area (Å²) in [7, 11) is 0. The topological polar surface area (TPSA) is 20.2 Å². The predicted molar refractivity (Wildman–Crippen MR) is 56.2 cm³/mol. The van der Waals surface area contributed by atoms with Gasteiger partial charge < -0.3 is 5.11 Å². The Morgan fingerprint density at radius 3 is 2.46 bits per heavy atom. The second-order valence-corrected chi connectivity index (χ2v) is 5.67. The van der Waals surface area contributed by atoms with Crippen LogP contribution in [0, 0.1) is 5.41 Å². The highest BCUT2D eigenvalue weighted by Crippen LogP contribution is 2.58. The molecule has 1 saturated carbocycles. The van der Waals surface area contributed by atoms with Crippen molar-refractivity contribution in [2.75, 3.05) is 0 Å². The van der Waals surface area contributed by atoms with Crippen LogP contribution >= 0.6 is 22.9 Å². The summed E-state index contributed by atoms with van der Waals surface area (Å²) in [5.74, 6) is 0. The lowest BCUT2D eigenvalue weighted by atomic mass is 9.58. The first kappa shape index (κ1) is 9.50. The molecule has 0 amide bonds. The van der Waals surface area contributed by atoms with Crippen molar-refractivity contribution in [1.29, 1.82) is 0 Å². The van der Waals surface area contributed by atoms with Gasteiger partial charge in [0, 0.05) is 0 Å². The highest BCUT2D eigenvalue weighted by atomic mass is 35.5. The van der Waals surface area contributed by atoms with Crippen LogP contribution in [-0.2, 0) is 5.60 Å². The molecule has 2 rings (SSSR count). The molecule has 0 spiro atoms. The summed E-state index contributed by atoms with van der Waals surface area (Å²) < 4.78 is 0. The molecule has 1 aliphatic rings. The van der Waals surface area contributed by atoms with Gasteiger partial charge in [0.1, 0.15) is 5.60 Å². The summed E-state index contributed by atoms with van der Waals surface area (Å²) in [4.78, 5) is 0.936. The third kappa shape index (κ3) is 1.16. The summed E-state index contributed by atoms with van der Waals surface area (Å²) in [5, 5.41) is 13.0. The van der Waals surface area contributed by atoms with Gasteiger partial charge in [0.25, 0.3) is 0 Å². The minimum Gasteiger partial charge on any atom is -0.384 e. The summed E-state index contributed by atoms with van der Waals surface area (Å²) in [6.45, 7) is 4.18. The maximum atomic E-state index is 10.4. The monoisotopic (exact) mass is 216 g/mol. The quantitative estimate of drug-likeness (QED) is 0.763. The van der Waals surface area contributed by atoms with E-state index < -0.39 is 5.60 Å². The van der Waals surface area contributed by atoms with Crippen molar-refractivity contribution in [3.05, 3.63) is 21.3 Å². The Morgan fingerprint density at radius 2 is 2.15 bits per heavy atom. The van der Waals surface area contributed by atoms with Crippen molar-refractivity contribution >= 4 is 22.9 Å². The SMILES string of the molecule is CC1(C)CCC1(O)c1sccc1Cl. The van der Waals surface area contributed by atoms with Crippen molar-refractivity contribution in [1.82, 2.24) is 0 Å². The molecule has 3 heteroatoms. The van der Waals surface area contributed by atoms with Gasteiger partial charge in [-0.1, -0.05) is 25.4 Å². The average Bonchev–Trinajstić information content (AvgIpc) is 2.48. The van der Waals surface area contributed by atoms with Crippen LogP contribution in [-0.4, -0.2) is 5.11 Å². The van der Waals surface area contributed by atoms with Crippen LogP contribution in [0.2, 0.25) is 5.02 Å². The zero-order valence-corrected chi connectivity index (χ0v) is 9.37. The van der Waals surface area contributed by atoms with E-state index in [1.165, 1.54) is 0 Å². The standard InChI is InChI=1S/C10H13ClOS/c1-9(2)4-5-10(9,12)8-7(11)3-6-13-8/h3,6,12H,4-5H2,1-2H3. The van der Waals surface area contributed by atoms with Gasteiger partial charge in [0.15, 0.2) is 0 Å². The molecule has 13 heavy (non-hydrogen) atoms. The number of aliphatic hydroxyl groups is 1. The number of hydrogen-bond acceptors (Lipinski definition) is 2. The first-order valence-corrected chi connectivity index (χ1v) is 5.69. The maximum Gasteiger partial charge on any atom is 0.105 e. The van der Waals surface area contributed by atoms with E-state index in [9.17, 15) is 5.11 Å². The third-order valence-corrected chi connectivity index (χ3v) is 4.72. The molecule has 0 aromatic carbocycles. The van der Waals surface area contributed by atoms with Crippen molar-refractivity contribution in [3.8, 4) is 0 Å². The highest BCUT2D eigenvalue weighted by Gasteiger charge is 2.54. The lowest BCUT2D eigenvalue weighted by Crippen LogP contribution is -2.50.